The molecule has 3 aromatic rings. The molecule has 1 aliphatic rings. The van der Waals surface area contributed by atoms with Gasteiger partial charge in [-0.1, -0.05) is 43.3 Å². The van der Waals surface area contributed by atoms with Crippen LogP contribution in [0.2, 0.25) is 0 Å². The van der Waals surface area contributed by atoms with Crippen molar-refractivity contribution in [2.45, 2.75) is 13.3 Å². The van der Waals surface area contributed by atoms with E-state index in [1.54, 1.807) is 48.5 Å². The van der Waals surface area contributed by atoms with Gasteiger partial charge in [0.25, 0.3) is 0 Å². The molecule has 6 nitrogen and oxygen atoms in total. The second-order valence-electron chi connectivity index (χ2n) is 6.81. The minimum Gasteiger partial charge on any atom is -0.465 e. The number of rotatable bonds is 4. The third kappa shape index (κ3) is 3.75. The number of hydrogen-bond acceptors (Lipinski definition) is 6. The van der Waals surface area contributed by atoms with E-state index in [2.05, 4.69) is 10.6 Å². The standard InChI is InChI=1S/C23H18N2O4S2/c1-3-12-11-16(22(28)29-2)21(31-12)25-23(30)24-17-10-6-9-15-18(17)20(27)14-8-5-4-7-13(14)19(15)26/h4-11H,3H2,1-2H3,(H2,24,25,30). The average Bonchev–Trinajstić information content (AvgIpc) is 3.19. The molecular weight excluding hydrogens is 432 g/mol. The predicted octanol–water partition coefficient (Wildman–Crippen LogP) is 4.68. The molecule has 0 bridgehead atoms. The van der Waals surface area contributed by atoms with Crippen LogP contribution >= 0.6 is 23.6 Å². The van der Waals surface area contributed by atoms with Gasteiger partial charge in [0.15, 0.2) is 16.7 Å². The van der Waals surface area contributed by atoms with E-state index >= 15 is 0 Å². The number of esters is 1. The molecule has 0 unspecified atom stereocenters. The van der Waals surface area contributed by atoms with Crippen molar-refractivity contribution in [1.29, 1.82) is 0 Å². The molecule has 0 spiro atoms. The highest BCUT2D eigenvalue weighted by molar-refractivity contribution is 7.80. The van der Waals surface area contributed by atoms with Gasteiger partial charge in [-0.25, -0.2) is 4.79 Å². The van der Waals surface area contributed by atoms with Crippen LogP contribution < -0.4 is 10.6 Å². The number of benzene rings is 2. The zero-order chi connectivity index (χ0) is 22.1. The molecule has 0 fully saturated rings. The SMILES string of the molecule is CCc1cc(C(=O)OC)c(NC(=S)Nc2cccc3c2C(=O)c2ccccc2C3=O)s1. The summed E-state index contributed by atoms with van der Waals surface area (Å²) >= 11 is 6.84. The molecule has 8 heteroatoms. The Morgan fingerprint density at radius 1 is 1.00 bits per heavy atom. The van der Waals surface area contributed by atoms with Gasteiger partial charge >= 0.3 is 5.97 Å². The maximum Gasteiger partial charge on any atom is 0.340 e. The first-order valence-electron chi connectivity index (χ1n) is 9.55. The monoisotopic (exact) mass is 450 g/mol. The number of aryl methyl sites for hydroxylation is 1. The highest BCUT2D eigenvalue weighted by Gasteiger charge is 2.31. The fourth-order valence-corrected chi connectivity index (χ4v) is 4.74. The third-order valence-electron chi connectivity index (χ3n) is 4.96. The number of methoxy groups -OCH3 is 1. The quantitative estimate of drug-likeness (QED) is 0.345. The van der Waals surface area contributed by atoms with Gasteiger partial charge in [-0.2, -0.15) is 0 Å². The molecule has 4 rings (SSSR count). The highest BCUT2D eigenvalue weighted by Crippen LogP contribution is 2.33. The fraction of sp³-hybridized carbons (Fsp3) is 0.130. The summed E-state index contributed by atoms with van der Waals surface area (Å²) in [5, 5.41) is 6.79. The lowest BCUT2D eigenvalue weighted by atomic mass is 9.83. The Bertz CT molecular complexity index is 1250. The smallest absolute Gasteiger partial charge is 0.340 e. The molecule has 0 atom stereocenters. The maximum atomic E-state index is 13.1. The number of carbonyl (C=O) groups excluding carboxylic acids is 3. The second-order valence-corrected chi connectivity index (χ2v) is 8.36. The summed E-state index contributed by atoms with van der Waals surface area (Å²) in [7, 11) is 1.32. The zero-order valence-electron chi connectivity index (χ0n) is 16.8. The number of hydrogen-bond donors (Lipinski definition) is 2. The van der Waals surface area contributed by atoms with Crippen molar-refractivity contribution >= 4 is 56.9 Å². The van der Waals surface area contributed by atoms with Crippen LogP contribution in [0.3, 0.4) is 0 Å². The molecule has 1 heterocycles. The van der Waals surface area contributed by atoms with Crippen molar-refractivity contribution < 1.29 is 19.1 Å². The van der Waals surface area contributed by atoms with Crippen molar-refractivity contribution in [3.8, 4) is 0 Å². The molecular formula is C23H18N2O4S2. The molecule has 0 amide bonds. The van der Waals surface area contributed by atoms with E-state index in [1.165, 1.54) is 18.4 Å². The number of ether oxygens (including phenoxy) is 1. The van der Waals surface area contributed by atoms with Crippen molar-refractivity contribution in [1.82, 2.24) is 0 Å². The first-order valence-corrected chi connectivity index (χ1v) is 10.8. The molecule has 0 saturated heterocycles. The van der Waals surface area contributed by atoms with Crippen molar-refractivity contribution in [2.75, 3.05) is 17.7 Å². The number of fused-ring (bicyclic) bond motifs is 2. The minimum absolute atomic E-state index is 0.196. The Morgan fingerprint density at radius 3 is 2.35 bits per heavy atom. The number of thiophene rings is 1. The van der Waals surface area contributed by atoms with Crippen LogP contribution in [-0.2, 0) is 11.2 Å². The second kappa shape index (κ2) is 8.41. The Morgan fingerprint density at radius 2 is 1.68 bits per heavy atom. The summed E-state index contributed by atoms with van der Waals surface area (Å²) in [5.74, 6) is -0.905. The van der Waals surface area contributed by atoms with Gasteiger partial charge in [0.05, 0.1) is 23.9 Å². The molecule has 1 aliphatic carbocycles. The molecule has 2 N–H and O–H groups in total. The first kappa shape index (κ1) is 20.9. The van der Waals surface area contributed by atoms with E-state index in [9.17, 15) is 14.4 Å². The lowest BCUT2D eigenvalue weighted by Crippen LogP contribution is -2.25. The molecule has 31 heavy (non-hydrogen) atoms. The molecule has 0 aliphatic heterocycles. The average molecular weight is 451 g/mol. The number of ketones is 2. The van der Waals surface area contributed by atoms with Crippen molar-refractivity contribution in [3.63, 3.8) is 0 Å². The van der Waals surface area contributed by atoms with Crippen molar-refractivity contribution in [3.05, 3.63) is 81.2 Å². The summed E-state index contributed by atoms with van der Waals surface area (Å²) in [5.41, 5.74) is 2.19. The molecule has 0 saturated carbocycles. The predicted molar refractivity (Wildman–Crippen MR) is 125 cm³/mol. The molecule has 156 valence electrons. The fourth-order valence-electron chi connectivity index (χ4n) is 3.48. The summed E-state index contributed by atoms with van der Waals surface area (Å²) < 4.78 is 4.85. The van der Waals surface area contributed by atoms with E-state index in [4.69, 9.17) is 17.0 Å². The van der Waals surface area contributed by atoms with E-state index in [1.807, 2.05) is 6.92 Å². The van der Waals surface area contributed by atoms with Gasteiger partial charge in [-0.3, -0.25) is 9.59 Å². The van der Waals surface area contributed by atoms with E-state index < -0.39 is 5.97 Å². The Labute approximate surface area is 188 Å². The number of nitrogens with one attached hydrogen (secondary N) is 2. The zero-order valence-corrected chi connectivity index (χ0v) is 18.4. The van der Waals surface area contributed by atoms with Gasteiger partial charge in [-0.15, -0.1) is 11.3 Å². The summed E-state index contributed by atoms with van der Waals surface area (Å²) in [6.07, 6.45) is 0.763. The normalized spacial score (nSPS) is 12.1. The topological polar surface area (TPSA) is 84.5 Å². The van der Waals surface area contributed by atoms with Gasteiger partial charge in [-0.05, 0) is 30.8 Å². The molecule has 1 aromatic heterocycles. The van der Waals surface area contributed by atoms with Crippen LogP contribution in [0.4, 0.5) is 10.7 Å². The van der Waals surface area contributed by atoms with E-state index in [0.717, 1.165) is 11.3 Å². The lowest BCUT2D eigenvalue weighted by molar-refractivity contribution is 0.0602. The van der Waals surface area contributed by atoms with E-state index in [-0.39, 0.29) is 22.2 Å². The molecule has 0 radical (unpaired) electrons. The number of carbonyl (C=O) groups is 3. The molecule has 2 aromatic carbocycles. The number of anilines is 2. The van der Waals surface area contributed by atoms with Crippen LogP contribution in [0.25, 0.3) is 0 Å². The summed E-state index contributed by atoms with van der Waals surface area (Å²) in [6.45, 7) is 1.99. The highest BCUT2D eigenvalue weighted by atomic mass is 32.1. The number of thiocarbonyl (C=S) groups is 1. The van der Waals surface area contributed by atoms with Gasteiger partial charge in [0.1, 0.15) is 5.00 Å². The van der Waals surface area contributed by atoms with E-state index in [0.29, 0.717) is 32.9 Å². The third-order valence-corrected chi connectivity index (χ3v) is 6.36. The Hall–Kier alpha value is -3.36. The minimum atomic E-state index is -0.462. The Kier molecular flexibility index (Phi) is 5.67. The summed E-state index contributed by atoms with van der Waals surface area (Å²) in [4.78, 5) is 39.1. The van der Waals surface area contributed by atoms with Gasteiger partial charge < -0.3 is 15.4 Å². The lowest BCUT2D eigenvalue weighted by Gasteiger charge is -2.21. The van der Waals surface area contributed by atoms with Crippen LogP contribution in [0, 0.1) is 0 Å². The Balaban J connectivity index is 1.64. The van der Waals surface area contributed by atoms with Crippen LogP contribution in [-0.4, -0.2) is 29.8 Å². The first-order chi connectivity index (χ1) is 14.9. The maximum absolute atomic E-state index is 13.1. The van der Waals surface area contributed by atoms with Crippen molar-refractivity contribution in [2.24, 2.45) is 0 Å². The summed E-state index contributed by atoms with van der Waals surface area (Å²) in [6, 6.07) is 13.6. The van der Waals surface area contributed by atoms with Crippen LogP contribution in [0.15, 0.2) is 48.5 Å². The van der Waals surface area contributed by atoms with Gasteiger partial charge in [0, 0.05) is 21.6 Å². The van der Waals surface area contributed by atoms with Crippen LogP contribution in [0.5, 0.6) is 0 Å². The van der Waals surface area contributed by atoms with Crippen LogP contribution in [0.1, 0.15) is 54.0 Å². The van der Waals surface area contributed by atoms with Gasteiger partial charge in [0.2, 0.25) is 0 Å². The largest absolute Gasteiger partial charge is 0.465 e.